The summed E-state index contributed by atoms with van der Waals surface area (Å²) < 4.78 is 9.52. The number of carbonyl (C=O) groups excluding carboxylic acids is 5. The van der Waals surface area contributed by atoms with E-state index in [4.69, 9.17) is 4.74 Å². The van der Waals surface area contributed by atoms with Crippen molar-refractivity contribution >= 4 is 62.7 Å². The third kappa shape index (κ3) is 7.91. The second-order valence-electron chi connectivity index (χ2n) is 15.1. The number of hydrogen-bond acceptors (Lipinski definition) is 7. The number of hydrogen-bond donors (Lipinski definition) is 5. The van der Waals surface area contributed by atoms with E-state index in [1.54, 1.807) is 0 Å². The molecule has 306 valence electrons. The molecule has 3 heterocycles. The van der Waals surface area contributed by atoms with E-state index in [9.17, 15) is 29.1 Å². The lowest BCUT2D eigenvalue weighted by Gasteiger charge is -2.18. The standard InChI is InChI=1S/C47H46N6O7/c1-52-25-35(33-17-6-8-19-39(33)52)42-43(46(58)51-45(42)57)36-26-53(40-20-9-7-18-34(36)40)24-12-23-48-41(55)21-10-11-22-49-44(56)38(27-54)50-47(59)60-28-37-31-15-4-2-13-29(31)30-14-3-5-16-32(30)37/h2-9,13-20,25-26,37-38,54H,10-12,21-24,27-28H2,1H3,(H,48,55)(H,49,56)(H,50,59)(H,51,57,58)/t38-/m0/s1. The lowest BCUT2D eigenvalue weighted by Crippen LogP contribution is -2.49. The molecule has 6 aromatic rings. The number of aryl methyl sites for hydroxylation is 2. The zero-order valence-corrected chi connectivity index (χ0v) is 33.2. The van der Waals surface area contributed by atoms with Gasteiger partial charge in [-0.2, -0.15) is 0 Å². The van der Waals surface area contributed by atoms with Gasteiger partial charge in [-0.25, -0.2) is 4.79 Å². The summed E-state index contributed by atoms with van der Waals surface area (Å²) in [5.41, 5.74) is 8.28. The van der Waals surface area contributed by atoms with E-state index in [2.05, 4.69) is 21.3 Å². The molecule has 1 aliphatic carbocycles. The van der Waals surface area contributed by atoms with E-state index < -0.39 is 36.5 Å². The number of aromatic nitrogens is 2. The summed E-state index contributed by atoms with van der Waals surface area (Å²) in [7, 11) is 1.91. The minimum atomic E-state index is -1.18. The van der Waals surface area contributed by atoms with Gasteiger partial charge in [0.2, 0.25) is 11.8 Å². The van der Waals surface area contributed by atoms with Crippen LogP contribution in [0.25, 0.3) is 44.1 Å². The Kier molecular flexibility index (Phi) is 11.6. The van der Waals surface area contributed by atoms with Crippen molar-refractivity contribution in [1.29, 1.82) is 0 Å². The fourth-order valence-corrected chi connectivity index (χ4v) is 8.43. The first-order valence-electron chi connectivity index (χ1n) is 20.2. The van der Waals surface area contributed by atoms with Gasteiger partial charge in [0.15, 0.2) is 0 Å². The number of amides is 5. The Labute approximate surface area is 346 Å². The molecule has 0 bridgehead atoms. The number of ether oxygens (including phenoxy) is 1. The van der Waals surface area contributed by atoms with Crippen LogP contribution in [0.1, 0.15) is 53.9 Å². The van der Waals surface area contributed by atoms with Crippen LogP contribution in [0.3, 0.4) is 0 Å². The van der Waals surface area contributed by atoms with Gasteiger partial charge in [0, 0.05) is 84.3 Å². The molecule has 0 saturated carbocycles. The van der Waals surface area contributed by atoms with Crippen molar-refractivity contribution in [2.24, 2.45) is 7.05 Å². The highest BCUT2D eigenvalue weighted by Gasteiger charge is 2.35. The molecule has 60 heavy (non-hydrogen) atoms. The summed E-state index contributed by atoms with van der Waals surface area (Å²) in [6.45, 7) is 0.745. The van der Waals surface area contributed by atoms with Crippen molar-refractivity contribution < 1.29 is 33.8 Å². The molecule has 0 saturated heterocycles. The van der Waals surface area contributed by atoms with Crippen LogP contribution < -0.4 is 21.3 Å². The lowest BCUT2D eigenvalue weighted by atomic mass is 9.95. The second-order valence-corrected chi connectivity index (χ2v) is 15.1. The van der Waals surface area contributed by atoms with E-state index in [1.807, 2.05) is 126 Å². The minimum Gasteiger partial charge on any atom is -0.449 e. The molecule has 5 N–H and O–H groups in total. The van der Waals surface area contributed by atoms with E-state index in [0.717, 1.165) is 44.1 Å². The van der Waals surface area contributed by atoms with Gasteiger partial charge in [-0.3, -0.25) is 24.5 Å². The van der Waals surface area contributed by atoms with Gasteiger partial charge in [0.25, 0.3) is 11.8 Å². The number of nitrogens with one attached hydrogen (secondary N) is 4. The number of fused-ring (bicyclic) bond motifs is 5. The van der Waals surface area contributed by atoms with Gasteiger partial charge in [-0.15, -0.1) is 0 Å². The highest BCUT2D eigenvalue weighted by atomic mass is 16.5. The number of nitrogens with zero attached hydrogens (tertiary/aromatic N) is 2. The van der Waals surface area contributed by atoms with Gasteiger partial charge in [0.05, 0.1) is 17.8 Å². The van der Waals surface area contributed by atoms with Crippen molar-refractivity contribution in [3.8, 4) is 11.1 Å². The number of para-hydroxylation sites is 2. The predicted octanol–water partition coefficient (Wildman–Crippen LogP) is 5.39. The third-order valence-electron chi connectivity index (χ3n) is 11.3. The molecule has 1 atom stereocenters. The monoisotopic (exact) mass is 806 g/mol. The Morgan fingerprint density at radius 3 is 1.98 bits per heavy atom. The van der Waals surface area contributed by atoms with Gasteiger partial charge in [-0.05, 0) is 53.6 Å². The second kappa shape index (κ2) is 17.5. The summed E-state index contributed by atoms with van der Waals surface area (Å²) in [6, 6.07) is 30.3. The van der Waals surface area contributed by atoms with E-state index in [1.165, 1.54) is 0 Å². The fraction of sp³-hybridized carbons (Fsp3) is 0.255. The Morgan fingerprint density at radius 2 is 1.30 bits per heavy atom. The van der Waals surface area contributed by atoms with Crippen molar-refractivity contribution in [3.63, 3.8) is 0 Å². The maximum absolute atomic E-state index is 13.4. The zero-order chi connectivity index (χ0) is 41.8. The van der Waals surface area contributed by atoms with Crippen LogP contribution >= 0.6 is 0 Å². The van der Waals surface area contributed by atoms with Crippen LogP contribution in [0.5, 0.6) is 0 Å². The SMILES string of the molecule is Cn1cc(C2=C(c3cn(CCCNC(=O)CCCCNC(=O)[C@H](CO)NC(=O)OCC4c5ccccc5-c5ccccc54)c4ccccc34)C(=O)NC2=O)c2ccccc21. The quantitative estimate of drug-likeness (QED) is 0.0645. The molecule has 8 rings (SSSR count). The Hall–Kier alpha value is -6.99. The first-order chi connectivity index (χ1) is 29.2. The molecule has 0 fully saturated rings. The van der Waals surface area contributed by atoms with Gasteiger partial charge in [-0.1, -0.05) is 84.9 Å². The van der Waals surface area contributed by atoms with E-state index in [0.29, 0.717) is 54.6 Å². The van der Waals surface area contributed by atoms with Gasteiger partial charge < -0.3 is 34.9 Å². The predicted molar refractivity (Wildman–Crippen MR) is 228 cm³/mol. The molecule has 5 amide bonds. The molecular formula is C47H46N6O7. The normalized spacial score (nSPS) is 14.0. The van der Waals surface area contributed by atoms with Crippen molar-refractivity contribution in [2.45, 2.75) is 44.2 Å². The average molecular weight is 807 g/mol. The summed E-state index contributed by atoms with van der Waals surface area (Å²) >= 11 is 0. The number of unbranched alkanes of at least 4 members (excludes halogenated alkanes) is 1. The molecule has 0 unspecified atom stereocenters. The highest BCUT2D eigenvalue weighted by Crippen LogP contribution is 2.44. The molecular weight excluding hydrogens is 761 g/mol. The first-order valence-corrected chi connectivity index (χ1v) is 20.2. The fourth-order valence-electron chi connectivity index (χ4n) is 8.43. The van der Waals surface area contributed by atoms with Crippen LogP contribution in [-0.4, -0.2) is 76.3 Å². The molecule has 13 nitrogen and oxygen atoms in total. The number of alkyl carbamates (subject to hydrolysis) is 1. The summed E-state index contributed by atoms with van der Waals surface area (Å²) in [5, 5.41) is 22.2. The topological polar surface area (TPSA) is 173 Å². The van der Waals surface area contributed by atoms with Gasteiger partial charge >= 0.3 is 6.09 Å². The Bertz CT molecular complexity index is 2630. The largest absolute Gasteiger partial charge is 0.449 e. The van der Waals surface area contributed by atoms with Crippen molar-refractivity contribution in [2.75, 3.05) is 26.3 Å². The zero-order valence-electron chi connectivity index (χ0n) is 33.2. The Balaban J connectivity index is 0.783. The molecule has 0 radical (unpaired) electrons. The smallest absolute Gasteiger partial charge is 0.407 e. The average Bonchev–Trinajstić information content (AvgIpc) is 3.98. The first kappa shape index (κ1) is 39.8. The lowest BCUT2D eigenvalue weighted by molar-refractivity contribution is -0.124. The van der Waals surface area contributed by atoms with Crippen LogP contribution in [0.15, 0.2) is 109 Å². The van der Waals surface area contributed by atoms with Crippen molar-refractivity contribution in [3.05, 3.63) is 132 Å². The molecule has 2 aliphatic rings. The maximum Gasteiger partial charge on any atom is 0.407 e. The van der Waals surface area contributed by atoms with E-state index in [-0.39, 0.29) is 31.4 Å². The summed E-state index contributed by atoms with van der Waals surface area (Å²) in [4.78, 5) is 64.7. The van der Waals surface area contributed by atoms with Gasteiger partial charge in [0.1, 0.15) is 12.6 Å². The van der Waals surface area contributed by atoms with Crippen LogP contribution in [0.2, 0.25) is 0 Å². The Morgan fingerprint density at radius 1 is 0.717 bits per heavy atom. The number of benzene rings is 4. The maximum atomic E-state index is 13.4. The molecule has 0 spiro atoms. The molecule has 13 heteroatoms. The molecule has 2 aromatic heterocycles. The number of carbonyl (C=O) groups is 5. The minimum absolute atomic E-state index is 0.0848. The highest BCUT2D eigenvalue weighted by molar-refractivity contribution is 6.50. The van der Waals surface area contributed by atoms with E-state index >= 15 is 0 Å². The van der Waals surface area contributed by atoms with Crippen molar-refractivity contribution in [1.82, 2.24) is 30.4 Å². The number of rotatable bonds is 16. The number of imide groups is 1. The number of aliphatic hydroxyl groups is 1. The summed E-state index contributed by atoms with van der Waals surface area (Å²) in [6.07, 6.45) is 4.94. The van der Waals surface area contributed by atoms with Crippen LogP contribution in [0.4, 0.5) is 4.79 Å². The van der Waals surface area contributed by atoms with Crippen LogP contribution in [0, 0.1) is 0 Å². The van der Waals surface area contributed by atoms with Crippen LogP contribution in [-0.2, 0) is 37.5 Å². The molecule has 4 aromatic carbocycles. The third-order valence-corrected chi connectivity index (χ3v) is 11.3. The summed E-state index contributed by atoms with van der Waals surface area (Å²) in [5.74, 6) is -1.65. The number of aliphatic hydroxyl groups excluding tert-OH is 1. The molecule has 1 aliphatic heterocycles.